The van der Waals surface area contributed by atoms with Gasteiger partial charge in [-0.15, -0.1) is 0 Å². The maximum atomic E-state index is 12.5. The highest BCUT2D eigenvalue weighted by Gasteiger charge is 2.22. The zero-order valence-electron chi connectivity index (χ0n) is 14.5. The molecular weight excluding hydrogens is 338 g/mol. The van der Waals surface area contributed by atoms with Gasteiger partial charge < -0.3 is 15.1 Å². The molecule has 1 saturated heterocycles. The molecule has 25 heavy (non-hydrogen) atoms. The van der Waals surface area contributed by atoms with E-state index in [0.29, 0.717) is 18.1 Å². The first-order chi connectivity index (χ1) is 12.0. The highest BCUT2D eigenvalue weighted by molar-refractivity contribution is 6.33. The summed E-state index contributed by atoms with van der Waals surface area (Å²) in [5.41, 5.74) is 2.99. The van der Waals surface area contributed by atoms with Crippen molar-refractivity contribution in [2.24, 2.45) is 0 Å². The average Bonchev–Trinajstić information content (AvgIpc) is 2.61. The van der Waals surface area contributed by atoms with Crippen molar-refractivity contribution in [1.29, 1.82) is 0 Å². The lowest BCUT2D eigenvalue weighted by Gasteiger charge is -2.34. The van der Waals surface area contributed by atoms with Gasteiger partial charge in [0.25, 0.3) is 0 Å². The van der Waals surface area contributed by atoms with Crippen LogP contribution in [0.3, 0.4) is 0 Å². The Morgan fingerprint density at radius 1 is 1.16 bits per heavy atom. The first-order valence-corrected chi connectivity index (χ1v) is 8.73. The molecule has 0 unspecified atom stereocenters. The fourth-order valence-electron chi connectivity index (χ4n) is 3.03. The standard InChI is InChI=1S/C18H22ClN5O/c1-13-10-14(2)17(15(19)11-13)22-12-16(25)23-6-8-24(9-7-23)18-20-4-3-5-21-18/h3-5,10-11,22H,6-9,12H2,1-2H3. The van der Waals surface area contributed by atoms with Crippen LogP contribution in [-0.4, -0.2) is 53.5 Å². The lowest BCUT2D eigenvalue weighted by Crippen LogP contribution is -2.50. The van der Waals surface area contributed by atoms with Crippen LogP contribution in [0.2, 0.25) is 5.02 Å². The molecule has 1 N–H and O–H groups in total. The summed E-state index contributed by atoms with van der Waals surface area (Å²) in [7, 11) is 0. The predicted octanol–water partition coefficient (Wildman–Crippen LogP) is 2.51. The van der Waals surface area contributed by atoms with Crippen LogP contribution in [0.5, 0.6) is 0 Å². The SMILES string of the molecule is Cc1cc(C)c(NCC(=O)N2CCN(c3ncccn3)CC2)c(Cl)c1. The van der Waals surface area contributed by atoms with E-state index in [4.69, 9.17) is 11.6 Å². The van der Waals surface area contributed by atoms with Gasteiger partial charge in [0, 0.05) is 38.6 Å². The van der Waals surface area contributed by atoms with E-state index in [9.17, 15) is 4.79 Å². The van der Waals surface area contributed by atoms with Gasteiger partial charge in [-0.05, 0) is 37.1 Å². The van der Waals surface area contributed by atoms with Gasteiger partial charge >= 0.3 is 0 Å². The van der Waals surface area contributed by atoms with Crippen molar-refractivity contribution >= 4 is 29.1 Å². The summed E-state index contributed by atoms with van der Waals surface area (Å²) < 4.78 is 0. The Kier molecular flexibility index (Phi) is 5.38. The number of hydrogen-bond donors (Lipinski definition) is 1. The molecule has 0 saturated carbocycles. The third kappa shape index (κ3) is 4.20. The fraction of sp³-hybridized carbons (Fsp3) is 0.389. The lowest BCUT2D eigenvalue weighted by atomic mass is 10.1. The minimum absolute atomic E-state index is 0.0738. The molecule has 0 radical (unpaired) electrons. The van der Waals surface area contributed by atoms with Gasteiger partial charge in [0.15, 0.2) is 0 Å². The molecule has 2 aromatic rings. The minimum atomic E-state index is 0.0738. The molecule has 6 nitrogen and oxygen atoms in total. The summed E-state index contributed by atoms with van der Waals surface area (Å²) in [5, 5.41) is 3.84. The number of carbonyl (C=O) groups excluding carboxylic acids is 1. The van der Waals surface area contributed by atoms with Gasteiger partial charge in [-0.2, -0.15) is 0 Å². The van der Waals surface area contributed by atoms with Crippen LogP contribution >= 0.6 is 11.6 Å². The Hall–Kier alpha value is -2.34. The first-order valence-electron chi connectivity index (χ1n) is 8.35. The monoisotopic (exact) mass is 359 g/mol. The minimum Gasteiger partial charge on any atom is -0.375 e. The summed E-state index contributed by atoms with van der Waals surface area (Å²) in [6, 6.07) is 5.75. The third-order valence-electron chi connectivity index (χ3n) is 4.32. The molecule has 0 bridgehead atoms. The Morgan fingerprint density at radius 2 is 1.84 bits per heavy atom. The van der Waals surface area contributed by atoms with Crippen LogP contribution in [0.1, 0.15) is 11.1 Å². The van der Waals surface area contributed by atoms with Crippen LogP contribution < -0.4 is 10.2 Å². The number of benzene rings is 1. The van der Waals surface area contributed by atoms with Gasteiger partial charge in [0.2, 0.25) is 11.9 Å². The largest absolute Gasteiger partial charge is 0.375 e. The predicted molar refractivity (Wildman–Crippen MR) is 100 cm³/mol. The van der Waals surface area contributed by atoms with E-state index < -0.39 is 0 Å². The molecule has 132 valence electrons. The Morgan fingerprint density at radius 3 is 2.48 bits per heavy atom. The molecule has 3 rings (SSSR count). The van der Waals surface area contributed by atoms with Crippen LogP contribution in [-0.2, 0) is 4.79 Å². The number of amides is 1. The van der Waals surface area contributed by atoms with Crippen molar-refractivity contribution in [2.75, 3.05) is 42.9 Å². The highest BCUT2D eigenvalue weighted by atomic mass is 35.5. The summed E-state index contributed by atoms with van der Waals surface area (Å²) in [4.78, 5) is 25.0. The molecular formula is C18H22ClN5O. The maximum Gasteiger partial charge on any atom is 0.241 e. The number of hydrogen-bond acceptors (Lipinski definition) is 5. The second kappa shape index (κ2) is 7.70. The molecule has 0 spiro atoms. The second-order valence-electron chi connectivity index (χ2n) is 6.21. The third-order valence-corrected chi connectivity index (χ3v) is 4.61. The van der Waals surface area contributed by atoms with Crippen molar-refractivity contribution in [3.63, 3.8) is 0 Å². The zero-order chi connectivity index (χ0) is 17.8. The number of aromatic nitrogens is 2. The van der Waals surface area contributed by atoms with Crippen LogP contribution in [0.4, 0.5) is 11.6 Å². The van der Waals surface area contributed by atoms with Crippen molar-refractivity contribution in [2.45, 2.75) is 13.8 Å². The van der Waals surface area contributed by atoms with Gasteiger partial charge in [-0.3, -0.25) is 4.79 Å². The smallest absolute Gasteiger partial charge is 0.241 e. The van der Waals surface area contributed by atoms with Crippen molar-refractivity contribution < 1.29 is 4.79 Å². The van der Waals surface area contributed by atoms with E-state index in [1.807, 2.05) is 24.8 Å². The van der Waals surface area contributed by atoms with E-state index in [-0.39, 0.29) is 12.5 Å². The van der Waals surface area contributed by atoms with E-state index in [1.54, 1.807) is 18.5 Å². The zero-order valence-corrected chi connectivity index (χ0v) is 15.3. The number of anilines is 2. The summed E-state index contributed by atoms with van der Waals surface area (Å²) in [6.07, 6.45) is 3.47. The molecule has 1 aromatic carbocycles. The maximum absolute atomic E-state index is 12.5. The summed E-state index contributed by atoms with van der Waals surface area (Å²) >= 11 is 6.28. The molecule has 1 fully saturated rings. The number of piperazine rings is 1. The van der Waals surface area contributed by atoms with E-state index in [0.717, 1.165) is 35.9 Å². The van der Waals surface area contributed by atoms with Crippen molar-refractivity contribution in [3.05, 3.63) is 46.7 Å². The number of rotatable bonds is 4. The number of aryl methyl sites for hydroxylation is 2. The van der Waals surface area contributed by atoms with Crippen molar-refractivity contribution in [1.82, 2.24) is 14.9 Å². The normalized spacial score (nSPS) is 14.5. The fourth-order valence-corrected chi connectivity index (χ4v) is 3.41. The summed E-state index contributed by atoms with van der Waals surface area (Å²) in [6.45, 7) is 7.04. The van der Waals surface area contributed by atoms with Gasteiger partial charge in [0.1, 0.15) is 0 Å². The number of nitrogens with one attached hydrogen (secondary N) is 1. The first kappa shape index (κ1) is 17.5. The van der Waals surface area contributed by atoms with Gasteiger partial charge in [0.05, 0.1) is 17.3 Å². The van der Waals surface area contributed by atoms with E-state index >= 15 is 0 Å². The van der Waals surface area contributed by atoms with E-state index in [1.165, 1.54) is 0 Å². The Bertz CT molecular complexity index is 721. The lowest BCUT2D eigenvalue weighted by molar-refractivity contribution is -0.129. The average molecular weight is 360 g/mol. The molecule has 1 aliphatic heterocycles. The molecule has 2 heterocycles. The topological polar surface area (TPSA) is 61.4 Å². The Labute approximate surface area is 152 Å². The second-order valence-corrected chi connectivity index (χ2v) is 6.62. The highest BCUT2D eigenvalue weighted by Crippen LogP contribution is 2.27. The summed E-state index contributed by atoms with van der Waals surface area (Å²) in [5.74, 6) is 0.791. The molecule has 1 aromatic heterocycles. The van der Waals surface area contributed by atoms with Crippen molar-refractivity contribution in [3.8, 4) is 0 Å². The number of nitrogens with zero attached hydrogens (tertiary/aromatic N) is 4. The molecule has 0 atom stereocenters. The quantitative estimate of drug-likeness (QED) is 0.908. The molecule has 0 aliphatic carbocycles. The molecule has 1 aliphatic rings. The van der Waals surface area contributed by atoms with Gasteiger partial charge in [-0.1, -0.05) is 17.7 Å². The number of halogens is 1. The van der Waals surface area contributed by atoms with E-state index in [2.05, 4.69) is 26.3 Å². The van der Waals surface area contributed by atoms with Crippen LogP contribution in [0, 0.1) is 13.8 Å². The number of carbonyl (C=O) groups is 1. The van der Waals surface area contributed by atoms with Gasteiger partial charge in [-0.25, -0.2) is 9.97 Å². The Balaban J connectivity index is 1.53. The van der Waals surface area contributed by atoms with Crippen LogP contribution in [0.25, 0.3) is 0 Å². The molecule has 7 heteroatoms. The van der Waals surface area contributed by atoms with Crippen LogP contribution in [0.15, 0.2) is 30.6 Å². The molecule has 1 amide bonds.